The summed E-state index contributed by atoms with van der Waals surface area (Å²) in [7, 11) is 1.73. The van der Waals surface area contributed by atoms with E-state index in [-0.39, 0.29) is 24.9 Å². The van der Waals surface area contributed by atoms with Gasteiger partial charge >= 0.3 is 0 Å². The van der Waals surface area contributed by atoms with Crippen molar-refractivity contribution in [1.29, 1.82) is 0 Å². The first-order valence-electron chi connectivity index (χ1n) is 7.53. The molecule has 126 valence electrons. The molecule has 2 amide bonds. The summed E-state index contributed by atoms with van der Waals surface area (Å²) in [4.78, 5) is 25.7. The molecule has 0 aromatic heterocycles. The lowest BCUT2D eigenvalue weighted by Gasteiger charge is -2.16. The normalized spacial score (nSPS) is 10.5. The van der Waals surface area contributed by atoms with Gasteiger partial charge in [-0.15, -0.1) is 0 Å². The van der Waals surface area contributed by atoms with Gasteiger partial charge in [0, 0.05) is 15.8 Å². The molecule has 2 aromatic carbocycles. The van der Waals surface area contributed by atoms with Crippen molar-refractivity contribution in [3.05, 3.63) is 58.6 Å². The van der Waals surface area contributed by atoms with E-state index in [0.717, 1.165) is 15.7 Å². The molecule has 0 heterocycles. The van der Waals surface area contributed by atoms with Gasteiger partial charge in [0.05, 0.1) is 13.1 Å². The predicted molar refractivity (Wildman–Crippen MR) is 100 cm³/mol. The van der Waals surface area contributed by atoms with Crippen LogP contribution in [0.25, 0.3) is 0 Å². The second kappa shape index (κ2) is 8.61. The van der Waals surface area contributed by atoms with Crippen LogP contribution in [-0.4, -0.2) is 36.9 Å². The van der Waals surface area contributed by atoms with Crippen LogP contribution < -0.4 is 10.6 Å². The number of nitrogens with one attached hydrogen (secondary N) is 2. The number of anilines is 2. The second-order valence-corrected chi connectivity index (χ2v) is 6.56. The number of carbonyl (C=O) groups excluding carboxylic acids is 2. The molecular weight excluding hydrogens is 370 g/mol. The maximum Gasteiger partial charge on any atom is 0.238 e. The number of likely N-dealkylation sites (N-methyl/N-ethyl adjacent to an activating group) is 1. The van der Waals surface area contributed by atoms with E-state index in [1.165, 1.54) is 0 Å². The molecule has 5 nitrogen and oxygen atoms in total. The predicted octanol–water partition coefficient (Wildman–Crippen LogP) is 3.27. The molecule has 2 rings (SSSR count). The van der Waals surface area contributed by atoms with Crippen LogP contribution in [0.4, 0.5) is 11.4 Å². The number of carbonyl (C=O) groups is 2. The van der Waals surface area contributed by atoms with E-state index in [2.05, 4.69) is 26.6 Å². The molecule has 0 unspecified atom stereocenters. The average molecular weight is 390 g/mol. The fourth-order valence-corrected chi connectivity index (χ4v) is 2.55. The number of halogens is 1. The molecule has 2 aromatic rings. The van der Waals surface area contributed by atoms with Gasteiger partial charge in [-0.05, 0) is 44.3 Å². The van der Waals surface area contributed by atoms with Gasteiger partial charge in [0.25, 0.3) is 0 Å². The minimum atomic E-state index is -0.168. The quantitative estimate of drug-likeness (QED) is 0.796. The molecule has 2 N–H and O–H groups in total. The highest BCUT2D eigenvalue weighted by molar-refractivity contribution is 9.10. The zero-order valence-corrected chi connectivity index (χ0v) is 15.3. The summed E-state index contributed by atoms with van der Waals surface area (Å²) in [5.74, 6) is -0.324. The third kappa shape index (κ3) is 6.14. The first-order valence-corrected chi connectivity index (χ1v) is 8.32. The van der Waals surface area contributed by atoms with E-state index in [0.29, 0.717) is 5.69 Å². The van der Waals surface area contributed by atoms with Crippen LogP contribution >= 0.6 is 15.9 Å². The smallest absolute Gasteiger partial charge is 0.238 e. The van der Waals surface area contributed by atoms with Crippen LogP contribution in [-0.2, 0) is 9.59 Å². The molecule has 0 bridgehead atoms. The van der Waals surface area contributed by atoms with E-state index < -0.39 is 0 Å². The summed E-state index contributed by atoms with van der Waals surface area (Å²) in [6.07, 6.45) is 0. The van der Waals surface area contributed by atoms with Crippen molar-refractivity contribution in [1.82, 2.24) is 4.90 Å². The Hall–Kier alpha value is -2.18. The van der Waals surface area contributed by atoms with E-state index >= 15 is 0 Å². The van der Waals surface area contributed by atoms with Crippen LogP contribution in [0.3, 0.4) is 0 Å². The average Bonchev–Trinajstić information content (AvgIpc) is 2.49. The lowest BCUT2D eigenvalue weighted by Crippen LogP contribution is -2.36. The Kier molecular flexibility index (Phi) is 6.52. The summed E-state index contributed by atoms with van der Waals surface area (Å²) in [5, 5.41) is 5.61. The number of hydrogen-bond donors (Lipinski definition) is 2. The molecule has 0 spiro atoms. The Balaban J connectivity index is 1.79. The zero-order chi connectivity index (χ0) is 17.5. The molecule has 24 heavy (non-hydrogen) atoms. The van der Waals surface area contributed by atoms with Crippen LogP contribution in [0.2, 0.25) is 0 Å². The van der Waals surface area contributed by atoms with Gasteiger partial charge in [-0.1, -0.05) is 39.7 Å². The van der Waals surface area contributed by atoms with E-state index in [9.17, 15) is 9.59 Å². The molecule has 0 aliphatic heterocycles. The number of benzene rings is 2. The van der Waals surface area contributed by atoms with Crippen LogP contribution in [0, 0.1) is 6.92 Å². The molecular formula is C18H20BrN3O2. The Labute approximate surface area is 150 Å². The van der Waals surface area contributed by atoms with Crippen molar-refractivity contribution in [3.8, 4) is 0 Å². The van der Waals surface area contributed by atoms with Gasteiger partial charge in [0.1, 0.15) is 0 Å². The van der Waals surface area contributed by atoms with Crippen molar-refractivity contribution >= 4 is 39.1 Å². The van der Waals surface area contributed by atoms with Crippen LogP contribution in [0.15, 0.2) is 53.0 Å². The van der Waals surface area contributed by atoms with Gasteiger partial charge in [0.2, 0.25) is 11.8 Å². The minimum Gasteiger partial charge on any atom is -0.325 e. The third-order valence-corrected chi connectivity index (χ3v) is 3.76. The van der Waals surface area contributed by atoms with Crippen LogP contribution in [0.1, 0.15) is 5.56 Å². The summed E-state index contributed by atoms with van der Waals surface area (Å²) in [6.45, 7) is 2.26. The second-order valence-electron chi connectivity index (χ2n) is 5.65. The Morgan fingerprint density at radius 3 is 2.12 bits per heavy atom. The molecule has 0 radical (unpaired) electrons. The monoisotopic (exact) mass is 389 g/mol. The number of amides is 2. The van der Waals surface area contributed by atoms with E-state index in [4.69, 9.17) is 0 Å². The van der Waals surface area contributed by atoms with Gasteiger partial charge in [-0.25, -0.2) is 0 Å². The molecule has 0 atom stereocenters. The SMILES string of the molecule is Cc1ccc(NC(=O)CN(C)CC(=O)Nc2cccc(Br)c2)cc1. The van der Waals surface area contributed by atoms with E-state index in [1.807, 2.05) is 55.5 Å². The van der Waals surface area contributed by atoms with Gasteiger partial charge in [0.15, 0.2) is 0 Å². The fraction of sp³-hybridized carbons (Fsp3) is 0.222. The topological polar surface area (TPSA) is 61.4 Å². The summed E-state index contributed by atoms with van der Waals surface area (Å²) in [6, 6.07) is 14.9. The lowest BCUT2D eigenvalue weighted by atomic mass is 10.2. The molecule has 0 saturated heterocycles. The van der Waals surface area contributed by atoms with Crippen molar-refractivity contribution in [3.63, 3.8) is 0 Å². The third-order valence-electron chi connectivity index (χ3n) is 3.27. The summed E-state index contributed by atoms with van der Waals surface area (Å²) < 4.78 is 0.895. The fourth-order valence-electron chi connectivity index (χ4n) is 2.15. The standard InChI is InChI=1S/C18H20BrN3O2/c1-13-6-8-15(9-7-13)20-17(23)11-22(2)12-18(24)21-16-5-3-4-14(19)10-16/h3-10H,11-12H2,1-2H3,(H,20,23)(H,21,24). The number of nitrogens with zero attached hydrogens (tertiary/aromatic N) is 1. The maximum atomic E-state index is 12.0. The van der Waals surface area contributed by atoms with Crippen molar-refractivity contribution in [2.75, 3.05) is 30.8 Å². The highest BCUT2D eigenvalue weighted by Gasteiger charge is 2.11. The molecule has 0 aliphatic rings. The highest BCUT2D eigenvalue weighted by Crippen LogP contribution is 2.15. The Bertz CT molecular complexity index is 716. The molecule has 0 fully saturated rings. The molecule has 0 aliphatic carbocycles. The molecule has 6 heteroatoms. The van der Waals surface area contributed by atoms with Crippen LogP contribution in [0.5, 0.6) is 0 Å². The van der Waals surface area contributed by atoms with Crippen molar-refractivity contribution < 1.29 is 9.59 Å². The Morgan fingerprint density at radius 1 is 0.958 bits per heavy atom. The number of aryl methyl sites for hydroxylation is 1. The summed E-state index contributed by atoms with van der Waals surface area (Å²) in [5.41, 5.74) is 2.60. The van der Waals surface area contributed by atoms with E-state index in [1.54, 1.807) is 11.9 Å². The lowest BCUT2D eigenvalue weighted by molar-refractivity contribution is -0.119. The Morgan fingerprint density at radius 2 is 1.54 bits per heavy atom. The zero-order valence-electron chi connectivity index (χ0n) is 13.7. The summed E-state index contributed by atoms with van der Waals surface area (Å²) >= 11 is 3.36. The maximum absolute atomic E-state index is 12.0. The minimum absolute atomic E-state index is 0.133. The van der Waals surface area contributed by atoms with Gasteiger partial charge in [-0.2, -0.15) is 0 Å². The number of hydrogen-bond acceptors (Lipinski definition) is 3. The van der Waals surface area contributed by atoms with Crippen molar-refractivity contribution in [2.24, 2.45) is 0 Å². The first-order chi connectivity index (χ1) is 11.4. The van der Waals surface area contributed by atoms with Gasteiger partial charge in [-0.3, -0.25) is 14.5 Å². The highest BCUT2D eigenvalue weighted by atomic mass is 79.9. The van der Waals surface area contributed by atoms with Gasteiger partial charge < -0.3 is 10.6 Å². The number of rotatable bonds is 6. The first kappa shape index (κ1) is 18.2. The molecule has 0 saturated carbocycles. The largest absolute Gasteiger partial charge is 0.325 e. The van der Waals surface area contributed by atoms with Crippen molar-refractivity contribution in [2.45, 2.75) is 6.92 Å².